The summed E-state index contributed by atoms with van der Waals surface area (Å²) >= 11 is 1.88. The van der Waals surface area contributed by atoms with E-state index in [2.05, 4.69) is 47.2 Å². The molecule has 106 valence electrons. The maximum Gasteiger partial charge on any atom is 0.150 e. The van der Waals surface area contributed by atoms with Crippen LogP contribution in [0.5, 0.6) is 5.75 Å². The maximum atomic E-state index is 5.53. The first-order valence-corrected chi connectivity index (χ1v) is 8.28. The van der Waals surface area contributed by atoms with Gasteiger partial charge in [0, 0.05) is 18.0 Å². The molecule has 0 radical (unpaired) electrons. The van der Waals surface area contributed by atoms with Gasteiger partial charge in [-0.3, -0.25) is 0 Å². The second-order valence-electron chi connectivity index (χ2n) is 5.31. The molecule has 0 spiro atoms. The molecule has 0 N–H and O–H groups in total. The number of ether oxygens (including phenoxy) is 1. The van der Waals surface area contributed by atoms with Crippen molar-refractivity contribution in [2.75, 3.05) is 7.11 Å². The van der Waals surface area contributed by atoms with E-state index in [0.29, 0.717) is 6.04 Å². The smallest absolute Gasteiger partial charge is 0.150 e. The van der Waals surface area contributed by atoms with E-state index in [1.807, 2.05) is 11.8 Å². The minimum absolute atomic E-state index is 0.664. The Morgan fingerprint density at radius 1 is 1.15 bits per heavy atom. The molecular formula is C17H21NOS. The van der Waals surface area contributed by atoms with Gasteiger partial charge in [-0.15, -0.1) is 0 Å². The molecule has 1 heterocycles. The normalized spacial score (nSPS) is 15.7. The fraction of sp³-hybridized carbons (Fsp3) is 0.412. The highest BCUT2D eigenvalue weighted by atomic mass is 32.2. The standard InChI is InChI=1S/C17H21NOS/c1-19-16-11-12-18(15-9-5-6-10-15)17(16)20-13-14-7-3-2-4-8-14/h2-4,7-8,11-12,15H,5-6,9-10,13H2,1H3. The zero-order valence-electron chi connectivity index (χ0n) is 11.9. The van der Waals surface area contributed by atoms with E-state index in [-0.39, 0.29) is 0 Å². The minimum atomic E-state index is 0.664. The first-order valence-electron chi connectivity index (χ1n) is 7.30. The highest BCUT2D eigenvalue weighted by molar-refractivity contribution is 7.98. The summed E-state index contributed by atoms with van der Waals surface area (Å²) in [6.45, 7) is 0. The van der Waals surface area contributed by atoms with Gasteiger partial charge in [0.2, 0.25) is 0 Å². The molecule has 0 bridgehead atoms. The zero-order valence-corrected chi connectivity index (χ0v) is 12.7. The van der Waals surface area contributed by atoms with Crippen LogP contribution in [0, 0.1) is 0 Å². The van der Waals surface area contributed by atoms with E-state index >= 15 is 0 Å². The van der Waals surface area contributed by atoms with Crippen LogP contribution in [0.25, 0.3) is 0 Å². The molecule has 3 rings (SSSR count). The van der Waals surface area contributed by atoms with Crippen LogP contribution in [0.1, 0.15) is 37.3 Å². The molecular weight excluding hydrogens is 266 g/mol. The lowest BCUT2D eigenvalue weighted by molar-refractivity contribution is 0.391. The third kappa shape index (κ3) is 2.88. The summed E-state index contributed by atoms with van der Waals surface area (Å²) in [7, 11) is 1.76. The second kappa shape index (κ2) is 6.40. The number of hydrogen-bond acceptors (Lipinski definition) is 2. The van der Waals surface area contributed by atoms with Crippen molar-refractivity contribution in [2.45, 2.75) is 42.5 Å². The predicted molar refractivity (Wildman–Crippen MR) is 84.5 cm³/mol. The van der Waals surface area contributed by atoms with Gasteiger partial charge in [-0.1, -0.05) is 54.9 Å². The average molecular weight is 287 g/mol. The summed E-state index contributed by atoms with van der Waals surface area (Å²) in [6.07, 6.45) is 7.51. The summed E-state index contributed by atoms with van der Waals surface area (Å²) in [5.41, 5.74) is 1.36. The minimum Gasteiger partial charge on any atom is -0.494 e. The second-order valence-corrected chi connectivity index (χ2v) is 6.27. The SMILES string of the molecule is COc1ccn(C2CCCC2)c1SCc1ccccc1. The Hall–Kier alpha value is -1.35. The maximum absolute atomic E-state index is 5.53. The largest absolute Gasteiger partial charge is 0.494 e. The fourth-order valence-electron chi connectivity index (χ4n) is 2.91. The Morgan fingerprint density at radius 2 is 1.90 bits per heavy atom. The Bertz CT molecular complexity index is 543. The number of hydrogen-bond donors (Lipinski definition) is 0. The summed E-state index contributed by atoms with van der Waals surface area (Å²) in [6, 6.07) is 13.4. The Kier molecular flexibility index (Phi) is 4.36. The average Bonchev–Trinajstić information content (AvgIpc) is 3.14. The van der Waals surface area contributed by atoms with Gasteiger partial charge >= 0.3 is 0 Å². The molecule has 1 aliphatic carbocycles. The van der Waals surface area contributed by atoms with Crippen molar-refractivity contribution in [3.05, 3.63) is 48.2 Å². The molecule has 20 heavy (non-hydrogen) atoms. The highest BCUT2D eigenvalue weighted by Crippen LogP contribution is 2.39. The summed E-state index contributed by atoms with van der Waals surface area (Å²) in [5.74, 6) is 2.01. The van der Waals surface area contributed by atoms with Gasteiger partial charge in [-0.2, -0.15) is 0 Å². The number of methoxy groups -OCH3 is 1. The third-order valence-electron chi connectivity index (χ3n) is 3.99. The van der Waals surface area contributed by atoms with Gasteiger partial charge in [0.15, 0.2) is 5.75 Å². The van der Waals surface area contributed by atoms with Crippen molar-refractivity contribution in [3.63, 3.8) is 0 Å². The predicted octanol–water partition coefficient (Wildman–Crippen LogP) is 4.90. The number of benzene rings is 1. The monoisotopic (exact) mass is 287 g/mol. The quantitative estimate of drug-likeness (QED) is 0.726. The molecule has 0 unspecified atom stereocenters. The van der Waals surface area contributed by atoms with E-state index in [1.54, 1.807) is 7.11 Å². The number of thioether (sulfide) groups is 1. The van der Waals surface area contributed by atoms with Crippen LogP contribution < -0.4 is 4.74 Å². The Labute approximate surface area is 125 Å². The van der Waals surface area contributed by atoms with Crippen LogP contribution in [0.2, 0.25) is 0 Å². The fourth-order valence-corrected chi connectivity index (χ4v) is 4.06. The van der Waals surface area contributed by atoms with Crippen LogP contribution >= 0.6 is 11.8 Å². The van der Waals surface area contributed by atoms with E-state index in [4.69, 9.17) is 4.74 Å². The van der Waals surface area contributed by atoms with Gasteiger partial charge in [0.1, 0.15) is 5.03 Å². The zero-order chi connectivity index (χ0) is 13.8. The number of nitrogens with zero attached hydrogens (tertiary/aromatic N) is 1. The molecule has 0 aliphatic heterocycles. The molecule has 2 nitrogen and oxygen atoms in total. The summed E-state index contributed by atoms with van der Waals surface area (Å²) in [4.78, 5) is 0. The number of rotatable bonds is 5. The third-order valence-corrected chi connectivity index (χ3v) is 5.15. The van der Waals surface area contributed by atoms with Crippen LogP contribution in [-0.2, 0) is 5.75 Å². The van der Waals surface area contributed by atoms with Crippen LogP contribution in [0.15, 0.2) is 47.6 Å². The van der Waals surface area contributed by atoms with E-state index < -0.39 is 0 Å². The van der Waals surface area contributed by atoms with Gasteiger partial charge in [0.25, 0.3) is 0 Å². The molecule has 2 aromatic rings. The molecule has 0 atom stereocenters. The van der Waals surface area contributed by atoms with E-state index in [0.717, 1.165) is 11.5 Å². The molecule has 1 saturated carbocycles. The summed E-state index contributed by atoms with van der Waals surface area (Å²) in [5, 5.41) is 1.28. The van der Waals surface area contributed by atoms with Crippen molar-refractivity contribution in [2.24, 2.45) is 0 Å². The Balaban J connectivity index is 1.78. The lowest BCUT2D eigenvalue weighted by Crippen LogP contribution is -2.04. The number of aromatic nitrogens is 1. The first-order chi connectivity index (χ1) is 9.88. The topological polar surface area (TPSA) is 14.2 Å². The van der Waals surface area contributed by atoms with Crippen LogP contribution in [-0.4, -0.2) is 11.7 Å². The molecule has 1 aromatic heterocycles. The van der Waals surface area contributed by atoms with Crippen LogP contribution in [0.4, 0.5) is 0 Å². The molecule has 3 heteroatoms. The van der Waals surface area contributed by atoms with Crippen molar-refractivity contribution < 1.29 is 4.74 Å². The lowest BCUT2D eigenvalue weighted by atomic mass is 10.2. The van der Waals surface area contributed by atoms with Crippen LogP contribution in [0.3, 0.4) is 0 Å². The molecule has 1 aliphatic rings. The molecule has 0 saturated heterocycles. The highest BCUT2D eigenvalue weighted by Gasteiger charge is 2.21. The first kappa shape index (κ1) is 13.6. The van der Waals surface area contributed by atoms with E-state index in [9.17, 15) is 0 Å². The molecule has 1 aromatic carbocycles. The van der Waals surface area contributed by atoms with Gasteiger partial charge in [-0.05, 0) is 24.5 Å². The van der Waals surface area contributed by atoms with Gasteiger partial charge in [0.05, 0.1) is 7.11 Å². The lowest BCUT2D eigenvalue weighted by Gasteiger charge is -2.16. The van der Waals surface area contributed by atoms with Crippen molar-refractivity contribution in [1.82, 2.24) is 4.57 Å². The molecule has 1 fully saturated rings. The van der Waals surface area contributed by atoms with Crippen molar-refractivity contribution in [3.8, 4) is 5.75 Å². The van der Waals surface area contributed by atoms with Crippen molar-refractivity contribution in [1.29, 1.82) is 0 Å². The van der Waals surface area contributed by atoms with Crippen molar-refractivity contribution >= 4 is 11.8 Å². The van der Waals surface area contributed by atoms with E-state index in [1.165, 1.54) is 36.3 Å². The summed E-state index contributed by atoms with van der Waals surface area (Å²) < 4.78 is 7.96. The Morgan fingerprint density at radius 3 is 2.60 bits per heavy atom. The van der Waals surface area contributed by atoms with Gasteiger partial charge < -0.3 is 9.30 Å². The molecule has 0 amide bonds. The van der Waals surface area contributed by atoms with Gasteiger partial charge in [-0.25, -0.2) is 0 Å².